The van der Waals surface area contributed by atoms with E-state index in [-0.39, 0.29) is 6.10 Å². The normalized spacial score (nSPS) is 29.0. The molecular formula is C9H20N2O. The maximum absolute atomic E-state index is 9.09. The van der Waals surface area contributed by atoms with Gasteiger partial charge in [0.25, 0.3) is 0 Å². The first-order chi connectivity index (χ1) is 5.76. The van der Waals surface area contributed by atoms with Crippen molar-refractivity contribution >= 4 is 0 Å². The standard InChI is InChI=1S/C9H20N2O/c1-2-11(4-3-10)7-8-5-9(12)6-8/h8-9,12H,2-7,10H2,1H3. The third-order valence-electron chi connectivity index (χ3n) is 2.62. The molecule has 0 aromatic carbocycles. The Bertz CT molecular complexity index is 124. The Morgan fingerprint density at radius 1 is 1.50 bits per heavy atom. The van der Waals surface area contributed by atoms with E-state index in [0.717, 1.165) is 39.0 Å². The minimum atomic E-state index is -0.0217. The van der Waals surface area contributed by atoms with Crippen LogP contribution in [-0.2, 0) is 0 Å². The molecule has 3 nitrogen and oxygen atoms in total. The zero-order valence-electron chi connectivity index (χ0n) is 7.87. The fourth-order valence-electron chi connectivity index (χ4n) is 1.78. The highest BCUT2D eigenvalue weighted by Crippen LogP contribution is 2.27. The van der Waals surface area contributed by atoms with Crippen molar-refractivity contribution in [3.63, 3.8) is 0 Å². The highest BCUT2D eigenvalue weighted by molar-refractivity contribution is 4.80. The van der Waals surface area contributed by atoms with Gasteiger partial charge in [0.2, 0.25) is 0 Å². The monoisotopic (exact) mass is 172 g/mol. The van der Waals surface area contributed by atoms with E-state index < -0.39 is 0 Å². The van der Waals surface area contributed by atoms with E-state index in [9.17, 15) is 0 Å². The zero-order chi connectivity index (χ0) is 8.97. The van der Waals surface area contributed by atoms with Gasteiger partial charge in [-0.2, -0.15) is 0 Å². The van der Waals surface area contributed by atoms with E-state index in [4.69, 9.17) is 10.8 Å². The molecule has 3 heteroatoms. The molecule has 0 aromatic heterocycles. The van der Waals surface area contributed by atoms with E-state index in [1.165, 1.54) is 0 Å². The summed E-state index contributed by atoms with van der Waals surface area (Å²) in [6.45, 7) is 6.07. The van der Waals surface area contributed by atoms with Crippen molar-refractivity contribution in [2.24, 2.45) is 11.7 Å². The number of hydrogen-bond donors (Lipinski definition) is 2. The summed E-state index contributed by atoms with van der Waals surface area (Å²) in [5.41, 5.74) is 5.48. The van der Waals surface area contributed by atoms with Crippen molar-refractivity contribution in [2.45, 2.75) is 25.9 Å². The molecule has 0 saturated heterocycles. The highest BCUT2D eigenvalue weighted by Gasteiger charge is 2.27. The minimum absolute atomic E-state index is 0.0217. The number of likely N-dealkylation sites (N-methyl/N-ethyl adjacent to an activating group) is 1. The number of nitrogens with zero attached hydrogens (tertiary/aromatic N) is 1. The maximum atomic E-state index is 9.09. The molecule has 1 fully saturated rings. The molecule has 1 aliphatic rings. The quantitative estimate of drug-likeness (QED) is 0.615. The van der Waals surface area contributed by atoms with Crippen molar-refractivity contribution in [1.82, 2.24) is 4.90 Å². The molecule has 0 unspecified atom stereocenters. The second kappa shape index (κ2) is 4.80. The molecule has 0 bridgehead atoms. The SMILES string of the molecule is CCN(CCN)CC1CC(O)C1. The van der Waals surface area contributed by atoms with E-state index >= 15 is 0 Å². The van der Waals surface area contributed by atoms with Crippen molar-refractivity contribution in [2.75, 3.05) is 26.2 Å². The van der Waals surface area contributed by atoms with Gasteiger partial charge < -0.3 is 15.7 Å². The van der Waals surface area contributed by atoms with Crippen LogP contribution in [0.1, 0.15) is 19.8 Å². The predicted octanol–water partition coefficient (Wildman–Crippen LogP) is 0.0379. The Hall–Kier alpha value is -0.120. The fraction of sp³-hybridized carbons (Fsp3) is 1.00. The van der Waals surface area contributed by atoms with Gasteiger partial charge in [-0.1, -0.05) is 6.92 Å². The van der Waals surface area contributed by atoms with Crippen LogP contribution in [0.3, 0.4) is 0 Å². The van der Waals surface area contributed by atoms with Crippen LogP contribution in [0.4, 0.5) is 0 Å². The van der Waals surface area contributed by atoms with Crippen molar-refractivity contribution in [3.8, 4) is 0 Å². The van der Waals surface area contributed by atoms with Crippen LogP contribution in [0.5, 0.6) is 0 Å². The first-order valence-corrected chi connectivity index (χ1v) is 4.86. The number of hydrogen-bond acceptors (Lipinski definition) is 3. The third kappa shape index (κ3) is 2.73. The van der Waals surface area contributed by atoms with Crippen LogP contribution >= 0.6 is 0 Å². The molecule has 0 radical (unpaired) electrons. The summed E-state index contributed by atoms with van der Waals surface area (Å²) in [4.78, 5) is 2.36. The lowest BCUT2D eigenvalue weighted by atomic mass is 9.82. The molecule has 0 amide bonds. The summed E-state index contributed by atoms with van der Waals surface area (Å²) in [7, 11) is 0. The maximum Gasteiger partial charge on any atom is 0.0546 e. The van der Waals surface area contributed by atoms with Gasteiger partial charge in [-0.25, -0.2) is 0 Å². The van der Waals surface area contributed by atoms with Crippen LogP contribution in [0.25, 0.3) is 0 Å². The topological polar surface area (TPSA) is 49.5 Å². The number of aliphatic hydroxyl groups excluding tert-OH is 1. The van der Waals surface area contributed by atoms with Crippen molar-refractivity contribution in [3.05, 3.63) is 0 Å². The summed E-state index contributed by atoms with van der Waals surface area (Å²) < 4.78 is 0. The Morgan fingerprint density at radius 3 is 2.58 bits per heavy atom. The molecule has 0 spiro atoms. The molecule has 1 rings (SSSR count). The first-order valence-electron chi connectivity index (χ1n) is 4.86. The molecule has 0 heterocycles. The summed E-state index contributed by atoms with van der Waals surface area (Å²) in [6.07, 6.45) is 1.95. The van der Waals surface area contributed by atoms with E-state index in [0.29, 0.717) is 5.92 Å². The van der Waals surface area contributed by atoms with Crippen LogP contribution in [0, 0.1) is 5.92 Å². The van der Waals surface area contributed by atoms with E-state index in [1.807, 2.05) is 0 Å². The van der Waals surface area contributed by atoms with Crippen LogP contribution in [0.15, 0.2) is 0 Å². The largest absolute Gasteiger partial charge is 0.393 e. The smallest absolute Gasteiger partial charge is 0.0546 e. The molecular weight excluding hydrogens is 152 g/mol. The van der Waals surface area contributed by atoms with Gasteiger partial charge in [0.1, 0.15) is 0 Å². The van der Waals surface area contributed by atoms with Gasteiger partial charge in [-0.3, -0.25) is 0 Å². The number of nitrogens with two attached hydrogens (primary N) is 1. The summed E-state index contributed by atoms with van der Waals surface area (Å²) in [6, 6.07) is 0. The summed E-state index contributed by atoms with van der Waals surface area (Å²) >= 11 is 0. The van der Waals surface area contributed by atoms with Crippen LogP contribution < -0.4 is 5.73 Å². The van der Waals surface area contributed by atoms with Gasteiger partial charge in [0, 0.05) is 19.6 Å². The zero-order valence-corrected chi connectivity index (χ0v) is 7.87. The second-order valence-electron chi connectivity index (χ2n) is 3.67. The second-order valence-corrected chi connectivity index (χ2v) is 3.67. The Kier molecular flexibility index (Phi) is 3.98. The fourth-order valence-corrected chi connectivity index (χ4v) is 1.78. The van der Waals surface area contributed by atoms with E-state index in [1.54, 1.807) is 0 Å². The third-order valence-corrected chi connectivity index (χ3v) is 2.62. The molecule has 3 N–H and O–H groups in total. The van der Waals surface area contributed by atoms with Crippen LogP contribution in [0.2, 0.25) is 0 Å². The molecule has 12 heavy (non-hydrogen) atoms. The highest BCUT2D eigenvalue weighted by atomic mass is 16.3. The number of aliphatic hydroxyl groups is 1. The van der Waals surface area contributed by atoms with Crippen molar-refractivity contribution < 1.29 is 5.11 Å². The Labute approximate surface area is 74.5 Å². The molecule has 0 aromatic rings. The van der Waals surface area contributed by atoms with Gasteiger partial charge >= 0.3 is 0 Å². The average molecular weight is 172 g/mol. The van der Waals surface area contributed by atoms with E-state index in [2.05, 4.69) is 11.8 Å². The lowest BCUT2D eigenvalue weighted by Gasteiger charge is -2.35. The minimum Gasteiger partial charge on any atom is -0.393 e. The van der Waals surface area contributed by atoms with Gasteiger partial charge in [-0.05, 0) is 25.3 Å². The average Bonchev–Trinajstić information content (AvgIpc) is 2.00. The molecule has 72 valence electrons. The van der Waals surface area contributed by atoms with Crippen molar-refractivity contribution in [1.29, 1.82) is 0 Å². The summed E-state index contributed by atoms with van der Waals surface area (Å²) in [5, 5.41) is 9.09. The lowest BCUT2D eigenvalue weighted by Crippen LogP contribution is -2.40. The predicted molar refractivity (Wildman–Crippen MR) is 49.9 cm³/mol. The summed E-state index contributed by atoms with van der Waals surface area (Å²) in [5.74, 6) is 0.714. The first kappa shape index (κ1) is 9.96. The van der Waals surface area contributed by atoms with Crippen LogP contribution in [-0.4, -0.2) is 42.3 Å². The molecule has 0 aliphatic heterocycles. The lowest BCUT2D eigenvalue weighted by molar-refractivity contribution is 0.0257. The van der Waals surface area contributed by atoms with Gasteiger partial charge in [0.05, 0.1) is 6.10 Å². The van der Waals surface area contributed by atoms with Gasteiger partial charge in [-0.15, -0.1) is 0 Å². The number of rotatable bonds is 5. The molecule has 1 aliphatic carbocycles. The molecule has 1 saturated carbocycles. The Balaban J connectivity index is 2.10. The molecule has 0 atom stereocenters. The van der Waals surface area contributed by atoms with Gasteiger partial charge in [0.15, 0.2) is 0 Å². The Morgan fingerprint density at radius 2 is 2.17 bits per heavy atom.